The molecule has 2 fully saturated rings. The van der Waals surface area contributed by atoms with E-state index >= 15 is 0 Å². The van der Waals surface area contributed by atoms with E-state index in [1.165, 1.54) is 88.2 Å². The Kier molecular flexibility index (Phi) is 9.53. The van der Waals surface area contributed by atoms with Crippen molar-refractivity contribution in [2.75, 3.05) is 0 Å². The van der Waals surface area contributed by atoms with Crippen LogP contribution >= 0.6 is 0 Å². The number of alkyl halides is 1. The maximum absolute atomic E-state index is 14.9. The smallest absolute Gasteiger partial charge is 0.107 e. The van der Waals surface area contributed by atoms with Crippen molar-refractivity contribution in [1.29, 1.82) is 0 Å². The van der Waals surface area contributed by atoms with Gasteiger partial charge in [-0.15, -0.1) is 0 Å². The number of hydrogen-bond acceptors (Lipinski definition) is 0. The minimum atomic E-state index is -0.651. The van der Waals surface area contributed by atoms with Crippen LogP contribution < -0.4 is 0 Å². The van der Waals surface area contributed by atoms with Crippen LogP contribution in [0.2, 0.25) is 0 Å². The van der Waals surface area contributed by atoms with Crippen LogP contribution in [0.5, 0.6) is 0 Å². The molecule has 0 amide bonds. The highest BCUT2D eigenvalue weighted by atomic mass is 19.1. The van der Waals surface area contributed by atoms with Gasteiger partial charge in [0, 0.05) is 6.42 Å². The highest BCUT2D eigenvalue weighted by molar-refractivity contribution is 5.26. The van der Waals surface area contributed by atoms with Gasteiger partial charge in [-0.25, -0.2) is 4.39 Å². The average Bonchev–Trinajstić information content (AvgIpc) is 2.76. The molecular formula is C28H45F. The molecule has 2 aliphatic rings. The predicted molar refractivity (Wildman–Crippen MR) is 124 cm³/mol. The fraction of sp³-hybridized carbons (Fsp3) is 0.786. The van der Waals surface area contributed by atoms with Crippen molar-refractivity contribution < 1.29 is 4.39 Å². The van der Waals surface area contributed by atoms with Crippen LogP contribution in [0.15, 0.2) is 24.3 Å². The molecule has 3 rings (SSSR count). The highest BCUT2D eigenvalue weighted by Crippen LogP contribution is 2.38. The molecule has 0 bridgehead atoms. The lowest BCUT2D eigenvalue weighted by Crippen LogP contribution is -2.24. The molecule has 1 heteroatoms. The Hall–Kier alpha value is -0.850. The molecule has 0 heterocycles. The minimum Gasteiger partial charge on any atom is -0.247 e. The SMILES string of the molecule is CCCCCC1CCC(c2ccc(CC(F)C3CCC(CCC)CC3)cc2)CC1. The van der Waals surface area contributed by atoms with E-state index in [-0.39, 0.29) is 0 Å². The van der Waals surface area contributed by atoms with E-state index in [1.807, 2.05) is 0 Å². The van der Waals surface area contributed by atoms with Gasteiger partial charge in [0.25, 0.3) is 0 Å². The van der Waals surface area contributed by atoms with Crippen molar-refractivity contribution in [3.63, 3.8) is 0 Å². The zero-order valence-electron chi connectivity index (χ0n) is 19.2. The van der Waals surface area contributed by atoms with Gasteiger partial charge in [-0.2, -0.15) is 0 Å². The Morgan fingerprint density at radius 2 is 1.38 bits per heavy atom. The van der Waals surface area contributed by atoms with Crippen LogP contribution in [-0.4, -0.2) is 6.17 Å². The molecule has 1 aromatic carbocycles. The zero-order chi connectivity index (χ0) is 20.5. The van der Waals surface area contributed by atoms with Gasteiger partial charge in [-0.05, 0) is 73.3 Å². The van der Waals surface area contributed by atoms with Crippen LogP contribution in [0.1, 0.15) is 121 Å². The average molecular weight is 401 g/mol. The van der Waals surface area contributed by atoms with E-state index in [0.29, 0.717) is 12.3 Å². The van der Waals surface area contributed by atoms with E-state index in [1.54, 1.807) is 0 Å². The molecule has 1 unspecified atom stereocenters. The Bertz CT molecular complexity index is 546. The van der Waals surface area contributed by atoms with Gasteiger partial charge < -0.3 is 0 Å². The quantitative estimate of drug-likeness (QED) is 0.344. The van der Waals surface area contributed by atoms with Gasteiger partial charge in [0.2, 0.25) is 0 Å². The Morgan fingerprint density at radius 1 is 0.759 bits per heavy atom. The van der Waals surface area contributed by atoms with Crippen LogP contribution in [0.3, 0.4) is 0 Å². The van der Waals surface area contributed by atoms with Crippen LogP contribution in [0.4, 0.5) is 4.39 Å². The summed E-state index contributed by atoms with van der Waals surface area (Å²) in [5.74, 6) is 2.87. The Labute approximate surface area is 180 Å². The van der Waals surface area contributed by atoms with Gasteiger partial charge in [0.15, 0.2) is 0 Å². The Morgan fingerprint density at radius 3 is 2.00 bits per heavy atom. The molecule has 1 aromatic rings. The fourth-order valence-electron chi connectivity index (χ4n) is 6.03. The minimum absolute atomic E-state index is 0.297. The van der Waals surface area contributed by atoms with Crippen molar-refractivity contribution in [1.82, 2.24) is 0 Å². The third-order valence-corrected chi connectivity index (χ3v) is 8.04. The molecule has 0 saturated heterocycles. The highest BCUT2D eigenvalue weighted by Gasteiger charge is 2.27. The molecule has 2 aliphatic carbocycles. The van der Waals surface area contributed by atoms with Gasteiger partial charge in [-0.1, -0.05) is 89.5 Å². The molecule has 1 atom stereocenters. The first-order valence-electron chi connectivity index (χ1n) is 12.9. The van der Waals surface area contributed by atoms with Crippen LogP contribution in [0, 0.1) is 17.8 Å². The number of hydrogen-bond donors (Lipinski definition) is 0. The summed E-state index contributed by atoms with van der Waals surface area (Å²) in [4.78, 5) is 0. The van der Waals surface area contributed by atoms with Crippen LogP contribution in [0.25, 0.3) is 0 Å². The van der Waals surface area contributed by atoms with Crippen LogP contribution in [-0.2, 0) is 6.42 Å². The van der Waals surface area contributed by atoms with Crippen molar-refractivity contribution in [3.8, 4) is 0 Å². The van der Waals surface area contributed by atoms with E-state index in [2.05, 4.69) is 38.1 Å². The van der Waals surface area contributed by atoms with Crippen molar-refractivity contribution in [2.24, 2.45) is 17.8 Å². The van der Waals surface area contributed by atoms with Crippen molar-refractivity contribution >= 4 is 0 Å². The molecule has 0 nitrogen and oxygen atoms in total. The molecule has 0 radical (unpaired) electrons. The number of rotatable bonds is 10. The summed E-state index contributed by atoms with van der Waals surface area (Å²) in [5, 5.41) is 0. The van der Waals surface area contributed by atoms with Gasteiger partial charge in [0.05, 0.1) is 0 Å². The standard InChI is InChI=1S/C28H45F/c1-3-5-6-8-23-9-15-25(16-10-23)26-17-13-24(14-18-26)21-28(29)27-19-11-22(7-4-2)12-20-27/h13-14,17-18,22-23,25,27-28H,3-12,15-16,19-21H2,1-2H3. The molecule has 2 saturated carbocycles. The Balaban J connectivity index is 1.41. The molecule has 0 N–H and O–H groups in total. The largest absolute Gasteiger partial charge is 0.247 e. The topological polar surface area (TPSA) is 0 Å². The second kappa shape index (κ2) is 12.1. The summed E-state index contributed by atoms with van der Waals surface area (Å²) in [6.45, 7) is 4.57. The first-order chi connectivity index (χ1) is 14.2. The lowest BCUT2D eigenvalue weighted by Gasteiger charge is -2.30. The summed E-state index contributed by atoms with van der Waals surface area (Å²) in [7, 11) is 0. The second-order valence-electron chi connectivity index (χ2n) is 10.2. The summed E-state index contributed by atoms with van der Waals surface area (Å²) in [6.07, 6.45) is 18.4. The van der Waals surface area contributed by atoms with E-state index < -0.39 is 6.17 Å². The van der Waals surface area contributed by atoms with Crippen molar-refractivity contribution in [2.45, 2.75) is 122 Å². The lowest BCUT2D eigenvalue weighted by molar-refractivity contribution is 0.152. The predicted octanol–water partition coefficient (Wildman–Crippen LogP) is 9.03. The normalized spacial score (nSPS) is 28.9. The van der Waals surface area contributed by atoms with Crippen molar-refractivity contribution in [3.05, 3.63) is 35.4 Å². The van der Waals surface area contributed by atoms with E-state index in [9.17, 15) is 4.39 Å². The monoisotopic (exact) mass is 400 g/mol. The third kappa shape index (κ3) is 7.11. The molecule has 0 spiro atoms. The number of halogens is 1. The zero-order valence-corrected chi connectivity index (χ0v) is 19.2. The number of benzene rings is 1. The summed E-state index contributed by atoms with van der Waals surface area (Å²) < 4.78 is 14.9. The van der Waals surface area contributed by atoms with Gasteiger partial charge in [-0.3, -0.25) is 0 Å². The second-order valence-corrected chi connectivity index (χ2v) is 10.2. The lowest BCUT2D eigenvalue weighted by atomic mass is 9.76. The van der Waals surface area contributed by atoms with E-state index in [4.69, 9.17) is 0 Å². The summed E-state index contributed by atoms with van der Waals surface area (Å²) in [5.41, 5.74) is 2.70. The molecule has 0 aromatic heterocycles. The number of unbranched alkanes of at least 4 members (excludes halogenated alkanes) is 2. The van der Waals surface area contributed by atoms with Gasteiger partial charge in [0.1, 0.15) is 6.17 Å². The molecular weight excluding hydrogens is 355 g/mol. The fourth-order valence-corrected chi connectivity index (χ4v) is 6.03. The van der Waals surface area contributed by atoms with E-state index in [0.717, 1.165) is 30.6 Å². The maximum atomic E-state index is 14.9. The molecule has 29 heavy (non-hydrogen) atoms. The summed E-state index contributed by atoms with van der Waals surface area (Å²) in [6, 6.07) is 9.06. The first kappa shape index (κ1) is 22.8. The summed E-state index contributed by atoms with van der Waals surface area (Å²) >= 11 is 0. The maximum Gasteiger partial charge on any atom is 0.107 e. The molecule has 164 valence electrons. The first-order valence-corrected chi connectivity index (χ1v) is 12.9. The van der Waals surface area contributed by atoms with Gasteiger partial charge >= 0.3 is 0 Å². The molecule has 0 aliphatic heterocycles. The third-order valence-electron chi connectivity index (χ3n) is 8.04.